The quantitative estimate of drug-likeness (QED) is 0.765. The Labute approximate surface area is 87.2 Å². The predicted octanol–water partition coefficient (Wildman–Crippen LogP) is 1.83. The molecule has 0 fully saturated rings. The first-order chi connectivity index (χ1) is 6.72. The lowest BCUT2D eigenvalue weighted by atomic mass is 10.4. The predicted molar refractivity (Wildman–Crippen MR) is 57.1 cm³/mol. The van der Waals surface area contributed by atoms with Crippen molar-refractivity contribution in [1.82, 2.24) is 19.3 Å². The van der Waals surface area contributed by atoms with Crippen LogP contribution in [-0.4, -0.2) is 19.3 Å². The number of hydrogen-bond donors (Lipinski definition) is 1. The van der Waals surface area contributed by atoms with Crippen LogP contribution in [0.2, 0.25) is 0 Å². The number of aromatic nitrogens is 4. The highest BCUT2D eigenvalue weighted by molar-refractivity contribution is 7.71. The molecule has 0 atom stereocenters. The van der Waals surface area contributed by atoms with Crippen molar-refractivity contribution in [3.63, 3.8) is 0 Å². The summed E-state index contributed by atoms with van der Waals surface area (Å²) >= 11 is 5.23. The minimum absolute atomic E-state index is 0.760. The maximum atomic E-state index is 5.23. The number of nitrogens with zero attached hydrogens (tertiary/aromatic N) is 3. The van der Waals surface area contributed by atoms with E-state index in [1.54, 1.807) is 6.20 Å². The zero-order valence-electron chi connectivity index (χ0n) is 8.19. The van der Waals surface area contributed by atoms with E-state index in [0.717, 1.165) is 22.7 Å². The molecule has 5 heteroatoms. The molecular formula is C9H12N4S. The molecule has 2 aromatic heterocycles. The molecule has 0 saturated carbocycles. The second-order valence-corrected chi connectivity index (χ2v) is 3.57. The molecular weight excluding hydrogens is 196 g/mol. The minimum atomic E-state index is 0.760. The molecule has 14 heavy (non-hydrogen) atoms. The number of aryl methyl sites for hydroxylation is 2. The maximum absolute atomic E-state index is 5.23. The van der Waals surface area contributed by atoms with Crippen LogP contribution in [0.5, 0.6) is 0 Å². The molecule has 0 amide bonds. The fourth-order valence-corrected chi connectivity index (χ4v) is 1.62. The van der Waals surface area contributed by atoms with Gasteiger partial charge in [-0.3, -0.25) is 5.10 Å². The highest BCUT2D eigenvalue weighted by atomic mass is 32.1. The number of H-pyrrole nitrogens is 1. The fraction of sp³-hybridized carbons (Fsp3) is 0.333. The molecule has 0 aliphatic rings. The first-order valence-electron chi connectivity index (χ1n) is 4.51. The number of hydrogen-bond acceptors (Lipinski definition) is 2. The fourth-order valence-electron chi connectivity index (χ4n) is 1.35. The van der Waals surface area contributed by atoms with Crippen molar-refractivity contribution in [3.05, 3.63) is 28.8 Å². The Bertz CT molecular complexity index is 491. The maximum Gasteiger partial charge on any atom is 0.229 e. The van der Waals surface area contributed by atoms with Gasteiger partial charge < -0.3 is 4.57 Å². The van der Waals surface area contributed by atoms with Gasteiger partial charge in [-0.25, -0.2) is 9.67 Å². The summed E-state index contributed by atoms with van der Waals surface area (Å²) in [5, 5.41) is 3.20. The van der Waals surface area contributed by atoms with E-state index in [4.69, 9.17) is 12.2 Å². The average Bonchev–Trinajstić information content (AvgIpc) is 2.72. The van der Waals surface area contributed by atoms with E-state index in [9.17, 15) is 0 Å². The molecule has 1 N–H and O–H groups in total. The second kappa shape index (κ2) is 3.42. The lowest BCUT2D eigenvalue weighted by molar-refractivity contribution is 0.731. The summed E-state index contributed by atoms with van der Waals surface area (Å²) in [4.78, 5) is 4.22. The van der Waals surface area contributed by atoms with E-state index in [1.807, 2.05) is 28.6 Å². The van der Waals surface area contributed by atoms with Gasteiger partial charge >= 0.3 is 0 Å². The van der Waals surface area contributed by atoms with Crippen LogP contribution in [0.15, 0.2) is 18.5 Å². The van der Waals surface area contributed by atoms with E-state index in [2.05, 4.69) is 17.0 Å². The normalized spacial score (nSPS) is 10.7. The van der Waals surface area contributed by atoms with Gasteiger partial charge in [-0.15, -0.1) is 0 Å². The number of nitrogens with one attached hydrogen (secondary N) is 1. The highest BCUT2D eigenvalue weighted by Crippen LogP contribution is 2.06. The lowest BCUT2D eigenvalue weighted by Gasteiger charge is -2.01. The van der Waals surface area contributed by atoms with Gasteiger partial charge in [0.25, 0.3) is 0 Å². The van der Waals surface area contributed by atoms with Crippen molar-refractivity contribution in [1.29, 1.82) is 0 Å². The molecule has 2 heterocycles. The Morgan fingerprint density at radius 1 is 1.57 bits per heavy atom. The van der Waals surface area contributed by atoms with Crippen molar-refractivity contribution in [2.24, 2.45) is 7.05 Å². The Hall–Kier alpha value is -1.36. The third-order valence-corrected chi connectivity index (χ3v) is 2.45. The first-order valence-corrected chi connectivity index (χ1v) is 4.92. The van der Waals surface area contributed by atoms with Crippen molar-refractivity contribution >= 4 is 12.2 Å². The number of imidazole rings is 1. The zero-order valence-corrected chi connectivity index (χ0v) is 9.01. The van der Waals surface area contributed by atoms with Gasteiger partial charge in [-0.1, -0.05) is 19.1 Å². The van der Waals surface area contributed by atoms with E-state index < -0.39 is 0 Å². The molecule has 0 aliphatic heterocycles. The molecule has 0 saturated heterocycles. The third kappa shape index (κ3) is 1.39. The van der Waals surface area contributed by atoms with Gasteiger partial charge in [0.05, 0.1) is 0 Å². The molecule has 4 nitrogen and oxygen atoms in total. The summed E-state index contributed by atoms with van der Waals surface area (Å²) in [6.07, 6.45) is 4.59. The summed E-state index contributed by atoms with van der Waals surface area (Å²) in [5.74, 6) is 0.815. The summed E-state index contributed by atoms with van der Waals surface area (Å²) in [7, 11) is 1.94. The summed E-state index contributed by atoms with van der Waals surface area (Å²) in [6.45, 7) is 2.09. The van der Waals surface area contributed by atoms with Crippen LogP contribution in [0.4, 0.5) is 0 Å². The Morgan fingerprint density at radius 2 is 2.36 bits per heavy atom. The van der Waals surface area contributed by atoms with Crippen LogP contribution in [0.1, 0.15) is 12.6 Å². The van der Waals surface area contributed by atoms with E-state index in [-0.39, 0.29) is 0 Å². The van der Waals surface area contributed by atoms with Crippen molar-refractivity contribution < 1.29 is 0 Å². The van der Waals surface area contributed by atoms with Crippen LogP contribution in [0.3, 0.4) is 0 Å². The Morgan fingerprint density at radius 3 is 2.86 bits per heavy atom. The summed E-state index contributed by atoms with van der Waals surface area (Å²) in [6, 6.07) is 1.96. The van der Waals surface area contributed by atoms with Crippen LogP contribution in [-0.2, 0) is 13.5 Å². The Kier molecular flexibility index (Phi) is 2.25. The summed E-state index contributed by atoms with van der Waals surface area (Å²) in [5.41, 5.74) is 1.12. The molecule has 0 radical (unpaired) electrons. The van der Waals surface area contributed by atoms with Crippen molar-refractivity contribution in [2.45, 2.75) is 13.3 Å². The third-order valence-electron chi connectivity index (χ3n) is 2.15. The summed E-state index contributed by atoms with van der Waals surface area (Å²) < 4.78 is 4.50. The topological polar surface area (TPSA) is 38.5 Å². The van der Waals surface area contributed by atoms with Gasteiger partial charge in [0.2, 0.25) is 5.95 Å². The van der Waals surface area contributed by atoms with Crippen LogP contribution in [0.25, 0.3) is 5.95 Å². The van der Waals surface area contributed by atoms with Gasteiger partial charge in [-0.05, 0) is 12.5 Å². The number of rotatable bonds is 2. The zero-order chi connectivity index (χ0) is 10.1. The molecule has 0 bridgehead atoms. The van der Waals surface area contributed by atoms with Crippen LogP contribution >= 0.6 is 12.2 Å². The van der Waals surface area contributed by atoms with E-state index >= 15 is 0 Å². The van der Waals surface area contributed by atoms with Gasteiger partial charge in [0, 0.05) is 25.1 Å². The standard InChI is InChI=1S/C9H12N4S/c1-3-7-6-8(14)13(11-7)9-10-4-5-12(9)2/h4-6,11H,3H2,1-2H3. The van der Waals surface area contributed by atoms with Crippen molar-refractivity contribution in [3.8, 4) is 5.95 Å². The molecule has 0 aromatic carbocycles. The molecule has 0 unspecified atom stereocenters. The average molecular weight is 208 g/mol. The van der Waals surface area contributed by atoms with Gasteiger partial charge in [0.15, 0.2) is 0 Å². The first kappa shape index (κ1) is 9.21. The molecule has 0 aliphatic carbocycles. The smallest absolute Gasteiger partial charge is 0.229 e. The lowest BCUT2D eigenvalue weighted by Crippen LogP contribution is -2.04. The molecule has 0 spiro atoms. The molecule has 74 valence electrons. The van der Waals surface area contributed by atoms with E-state index in [0.29, 0.717) is 0 Å². The van der Waals surface area contributed by atoms with Crippen LogP contribution in [0, 0.1) is 4.64 Å². The highest BCUT2D eigenvalue weighted by Gasteiger charge is 2.04. The number of aromatic amines is 1. The SMILES string of the molecule is CCc1cc(=S)n(-c2nccn2C)[nH]1. The molecule has 2 aromatic rings. The van der Waals surface area contributed by atoms with Crippen LogP contribution < -0.4 is 0 Å². The largest absolute Gasteiger partial charge is 0.319 e. The minimum Gasteiger partial charge on any atom is -0.319 e. The van der Waals surface area contributed by atoms with Crippen molar-refractivity contribution in [2.75, 3.05) is 0 Å². The Balaban J connectivity index is 2.57. The monoisotopic (exact) mass is 208 g/mol. The second-order valence-electron chi connectivity index (χ2n) is 3.15. The molecule has 2 rings (SSSR count). The van der Waals surface area contributed by atoms with E-state index in [1.165, 1.54) is 0 Å². The van der Waals surface area contributed by atoms with Gasteiger partial charge in [0.1, 0.15) is 4.64 Å². The van der Waals surface area contributed by atoms with Gasteiger partial charge in [-0.2, -0.15) is 0 Å².